The van der Waals surface area contributed by atoms with E-state index in [1.165, 1.54) is 6.20 Å². The SMILES string of the molecule is CNC(c1ccc(Cl)cc1Br)c1cnccc1C(F)(F)F. The Morgan fingerprint density at radius 1 is 1.24 bits per heavy atom. The lowest BCUT2D eigenvalue weighted by atomic mass is 9.96. The molecule has 0 aliphatic rings. The third-order valence-corrected chi connectivity index (χ3v) is 3.95. The molecule has 0 aliphatic carbocycles. The van der Waals surface area contributed by atoms with Gasteiger partial charge < -0.3 is 5.32 Å². The molecule has 1 N–H and O–H groups in total. The molecule has 2 nitrogen and oxygen atoms in total. The molecule has 0 radical (unpaired) electrons. The average Bonchev–Trinajstić information content (AvgIpc) is 2.41. The van der Waals surface area contributed by atoms with E-state index in [-0.39, 0.29) is 5.56 Å². The average molecular weight is 380 g/mol. The van der Waals surface area contributed by atoms with E-state index in [1.54, 1.807) is 25.2 Å². The van der Waals surface area contributed by atoms with E-state index in [0.717, 1.165) is 12.3 Å². The second-order valence-electron chi connectivity index (χ2n) is 4.35. The second-order valence-corrected chi connectivity index (χ2v) is 5.64. The van der Waals surface area contributed by atoms with Crippen LogP contribution in [-0.4, -0.2) is 12.0 Å². The Morgan fingerprint density at radius 3 is 2.52 bits per heavy atom. The molecule has 1 heterocycles. The highest BCUT2D eigenvalue weighted by atomic mass is 79.9. The van der Waals surface area contributed by atoms with Crippen molar-refractivity contribution in [2.75, 3.05) is 7.05 Å². The van der Waals surface area contributed by atoms with Crippen molar-refractivity contribution in [3.8, 4) is 0 Å². The molecule has 0 saturated carbocycles. The molecule has 112 valence electrons. The molecule has 0 spiro atoms. The highest BCUT2D eigenvalue weighted by Gasteiger charge is 2.35. The van der Waals surface area contributed by atoms with Gasteiger partial charge in [0.25, 0.3) is 0 Å². The maximum Gasteiger partial charge on any atom is 0.416 e. The lowest BCUT2D eigenvalue weighted by Crippen LogP contribution is -2.22. The molecular weight excluding hydrogens is 369 g/mol. The van der Waals surface area contributed by atoms with Crippen molar-refractivity contribution in [2.45, 2.75) is 12.2 Å². The summed E-state index contributed by atoms with van der Waals surface area (Å²) in [6.07, 6.45) is -2.08. The van der Waals surface area contributed by atoms with E-state index >= 15 is 0 Å². The Labute approximate surface area is 133 Å². The number of alkyl halides is 3. The van der Waals surface area contributed by atoms with Crippen molar-refractivity contribution in [3.05, 3.63) is 62.8 Å². The fourth-order valence-corrected chi connectivity index (χ4v) is 3.02. The number of hydrogen-bond acceptors (Lipinski definition) is 2. The quantitative estimate of drug-likeness (QED) is 0.826. The minimum absolute atomic E-state index is 0.0653. The number of aromatic nitrogens is 1. The van der Waals surface area contributed by atoms with Gasteiger partial charge in [-0.3, -0.25) is 4.98 Å². The van der Waals surface area contributed by atoms with Gasteiger partial charge in [-0.05, 0) is 30.8 Å². The lowest BCUT2D eigenvalue weighted by molar-refractivity contribution is -0.138. The van der Waals surface area contributed by atoms with Crippen LogP contribution in [0, 0.1) is 0 Å². The first-order chi connectivity index (χ1) is 9.84. The van der Waals surface area contributed by atoms with E-state index in [0.29, 0.717) is 15.1 Å². The molecule has 0 amide bonds. The van der Waals surface area contributed by atoms with Crippen molar-refractivity contribution in [3.63, 3.8) is 0 Å². The standard InChI is InChI=1S/C14H11BrClF3N2/c1-20-13(9-3-2-8(16)6-12(9)15)10-7-21-5-4-11(10)14(17,18)19/h2-7,13,20H,1H3. The van der Waals surface area contributed by atoms with Crippen molar-refractivity contribution in [1.82, 2.24) is 10.3 Å². The summed E-state index contributed by atoms with van der Waals surface area (Å²) in [5, 5.41) is 3.40. The van der Waals surface area contributed by atoms with E-state index in [2.05, 4.69) is 26.2 Å². The number of rotatable bonds is 3. The second kappa shape index (κ2) is 6.34. The Kier molecular flexibility index (Phi) is 4.91. The molecule has 1 aromatic heterocycles. The van der Waals surface area contributed by atoms with Crippen LogP contribution in [0.15, 0.2) is 41.1 Å². The van der Waals surface area contributed by atoms with Crippen LogP contribution in [0.2, 0.25) is 5.02 Å². The lowest BCUT2D eigenvalue weighted by Gasteiger charge is -2.22. The molecule has 21 heavy (non-hydrogen) atoms. The summed E-state index contributed by atoms with van der Waals surface area (Å²) in [6.45, 7) is 0. The Bertz CT molecular complexity index is 646. The highest BCUT2D eigenvalue weighted by molar-refractivity contribution is 9.10. The smallest absolute Gasteiger partial charge is 0.309 e. The Morgan fingerprint density at radius 2 is 1.95 bits per heavy atom. The summed E-state index contributed by atoms with van der Waals surface area (Å²) in [5.41, 5.74) is 0.00891. The van der Waals surface area contributed by atoms with E-state index in [1.807, 2.05) is 0 Å². The maximum atomic E-state index is 13.1. The molecule has 1 unspecified atom stereocenters. The number of nitrogens with zero attached hydrogens (tertiary/aromatic N) is 1. The maximum absolute atomic E-state index is 13.1. The predicted octanol–water partition coefficient (Wildman–Crippen LogP) is 4.83. The van der Waals surface area contributed by atoms with Crippen molar-refractivity contribution < 1.29 is 13.2 Å². The summed E-state index contributed by atoms with van der Waals surface area (Å²) in [4.78, 5) is 3.82. The van der Waals surface area contributed by atoms with Gasteiger partial charge in [0.05, 0.1) is 11.6 Å². The van der Waals surface area contributed by atoms with Crippen molar-refractivity contribution >= 4 is 27.5 Å². The molecule has 1 aromatic carbocycles. The zero-order valence-corrected chi connectivity index (χ0v) is 13.2. The molecule has 2 aromatic rings. The van der Waals surface area contributed by atoms with Gasteiger partial charge in [0.2, 0.25) is 0 Å². The fraction of sp³-hybridized carbons (Fsp3) is 0.214. The Balaban J connectivity index is 2.57. The molecule has 0 bridgehead atoms. The van der Waals surface area contributed by atoms with Crippen molar-refractivity contribution in [2.24, 2.45) is 0 Å². The zero-order valence-electron chi connectivity index (χ0n) is 10.9. The normalized spacial score (nSPS) is 13.2. The van der Waals surface area contributed by atoms with Crippen LogP contribution in [0.4, 0.5) is 13.2 Å². The predicted molar refractivity (Wildman–Crippen MR) is 79.3 cm³/mol. The zero-order chi connectivity index (χ0) is 15.6. The van der Waals surface area contributed by atoms with E-state index < -0.39 is 17.8 Å². The topological polar surface area (TPSA) is 24.9 Å². The molecule has 1 atom stereocenters. The summed E-state index contributed by atoms with van der Waals surface area (Å²) in [7, 11) is 1.60. The third-order valence-electron chi connectivity index (χ3n) is 3.03. The van der Waals surface area contributed by atoms with Gasteiger partial charge in [-0.2, -0.15) is 13.2 Å². The molecule has 0 aliphatic heterocycles. The molecular formula is C14H11BrClF3N2. The number of benzene rings is 1. The van der Waals surface area contributed by atoms with Gasteiger partial charge in [0, 0.05) is 27.5 Å². The van der Waals surface area contributed by atoms with Crippen LogP contribution in [0.3, 0.4) is 0 Å². The number of hydrogen-bond donors (Lipinski definition) is 1. The van der Waals surface area contributed by atoms with Crippen LogP contribution < -0.4 is 5.32 Å². The van der Waals surface area contributed by atoms with Gasteiger partial charge in [-0.25, -0.2) is 0 Å². The van der Waals surface area contributed by atoms with Crippen LogP contribution in [-0.2, 0) is 6.18 Å². The molecule has 7 heteroatoms. The van der Waals surface area contributed by atoms with Gasteiger partial charge >= 0.3 is 6.18 Å². The minimum atomic E-state index is -4.44. The number of halogens is 5. The first kappa shape index (κ1) is 16.3. The van der Waals surface area contributed by atoms with Gasteiger partial charge in [-0.15, -0.1) is 0 Å². The van der Waals surface area contributed by atoms with Gasteiger partial charge in [-0.1, -0.05) is 33.6 Å². The molecule has 2 rings (SSSR count). The first-order valence-corrected chi connectivity index (χ1v) is 7.15. The van der Waals surface area contributed by atoms with Gasteiger partial charge in [0.1, 0.15) is 0 Å². The summed E-state index contributed by atoms with van der Waals surface area (Å²) in [5.74, 6) is 0. The van der Waals surface area contributed by atoms with Gasteiger partial charge in [0.15, 0.2) is 0 Å². The summed E-state index contributed by atoms with van der Waals surface area (Å²) >= 11 is 9.21. The fourth-order valence-electron chi connectivity index (χ4n) is 2.11. The van der Waals surface area contributed by atoms with E-state index in [4.69, 9.17) is 11.6 Å². The first-order valence-electron chi connectivity index (χ1n) is 5.98. The summed E-state index contributed by atoms with van der Waals surface area (Å²) < 4.78 is 40.0. The van der Waals surface area contributed by atoms with E-state index in [9.17, 15) is 13.2 Å². The molecule has 0 saturated heterocycles. The Hall–Kier alpha value is -1.11. The largest absolute Gasteiger partial charge is 0.416 e. The molecule has 0 fully saturated rings. The minimum Gasteiger partial charge on any atom is -0.309 e. The van der Waals surface area contributed by atoms with Crippen LogP contribution >= 0.6 is 27.5 Å². The van der Waals surface area contributed by atoms with Crippen molar-refractivity contribution in [1.29, 1.82) is 0 Å². The monoisotopic (exact) mass is 378 g/mol. The number of pyridine rings is 1. The van der Waals surface area contributed by atoms with Crippen LogP contribution in [0.1, 0.15) is 22.7 Å². The summed E-state index contributed by atoms with van der Waals surface area (Å²) in [6, 6.07) is 5.28. The third kappa shape index (κ3) is 3.56. The van der Waals surface area contributed by atoms with Crippen LogP contribution in [0.5, 0.6) is 0 Å². The van der Waals surface area contributed by atoms with Crippen LogP contribution in [0.25, 0.3) is 0 Å². The number of nitrogens with one attached hydrogen (secondary N) is 1. The highest BCUT2D eigenvalue weighted by Crippen LogP contribution is 2.38.